The third kappa shape index (κ3) is 0.998. The van der Waals surface area contributed by atoms with Gasteiger partial charge in [-0.25, -0.2) is 0 Å². The minimum atomic E-state index is -0.588. The van der Waals surface area contributed by atoms with Crippen molar-refractivity contribution in [3.63, 3.8) is 0 Å². The van der Waals surface area contributed by atoms with Crippen LogP contribution in [-0.2, 0) is 10.2 Å². The lowest BCUT2D eigenvalue weighted by atomic mass is 9.76. The quantitative estimate of drug-likeness (QED) is 0.666. The molecule has 84 valence electrons. The first-order valence-corrected chi connectivity index (χ1v) is 5.81. The number of fused-ring (bicyclic) bond motifs is 4. The molecule has 2 heteroatoms. The van der Waals surface area contributed by atoms with Gasteiger partial charge in [0, 0.05) is 5.56 Å². The van der Waals surface area contributed by atoms with E-state index in [1.54, 1.807) is 0 Å². The van der Waals surface area contributed by atoms with Crippen LogP contribution in [0.3, 0.4) is 0 Å². The highest BCUT2D eigenvalue weighted by Gasteiger charge is 2.58. The molecule has 1 saturated carbocycles. The third-order valence-corrected chi connectivity index (χ3v) is 4.15. The number of rotatable bonds is 0. The fourth-order valence-electron chi connectivity index (χ4n) is 3.07. The largest absolute Gasteiger partial charge is 0.479 e. The van der Waals surface area contributed by atoms with Crippen molar-refractivity contribution in [2.75, 3.05) is 0 Å². The molecule has 1 aromatic rings. The van der Waals surface area contributed by atoms with E-state index in [-0.39, 0.29) is 11.2 Å². The van der Waals surface area contributed by atoms with Crippen molar-refractivity contribution in [3.05, 3.63) is 29.3 Å². The SMILES string of the molecule is Cc1ccc2c(c1)O[C@@]1(C)CC[C@]2(C)C1=O. The molecular formula is C14H16O2. The molecule has 1 aliphatic carbocycles. The van der Waals surface area contributed by atoms with Crippen molar-refractivity contribution in [2.45, 2.75) is 44.6 Å². The summed E-state index contributed by atoms with van der Waals surface area (Å²) in [7, 11) is 0. The lowest BCUT2D eigenvalue weighted by molar-refractivity contribution is -0.135. The van der Waals surface area contributed by atoms with Gasteiger partial charge in [-0.05, 0) is 45.2 Å². The Morgan fingerprint density at radius 3 is 2.75 bits per heavy atom. The first kappa shape index (κ1) is 9.88. The molecular weight excluding hydrogens is 200 g/mol. The van der Waals surface area contributed by atoms with Gasteiger partial charge in [0.1, 0.15) is 5.75 Å². The molecule has 1 fully saturated rings. The second-order valence-corrected chi connectivity index (χ2v) is 5.49. The molecule has 0 N–H and O–H groups in total. The summed E-state index contributed by atoms with van der Waals surface area (Å²) >= 11 is 0. The van der Waals surface area contributed by atoms with Gasteiger partial charge >= 0.3 is 0 Å². The van der Waals surface area contributed by atoms with Gasteiger partial charge < -0.3 is 4.74 Å². The maximum absolute atomic E-state index is 12.4. The topological polar surface area (TPSA) is 26.3 Å². The van der Waals surface area contributed by atoms with Crippen molar-refractivity contribution in [3.8, 4) is 5.75 Å². The van der Waals surface area contributed by atoms with E-state index in [1.165, 1.54) is 5.56 Å². The third-order valence-electron chi connectivity index (χ3n) is 4.15. The Balaban J connectivity index is 2.26. The number of ketones is 1. The van der Waals surface area contributed by atoms with E-state index < -0.39 is 5.60 Å². The Morgan fingerprint density at radius 2 is 2.00 bits per heavy atom. The fraction of sp³-hybridized carbons (Fsp3) is 0.500. The predicted octanol–water partition coefficient (Wildman–Crippen LogP) is 2.77. The number of ether oxygens (including phenoxy) is 1. The van der Waals surface area contributed by atoms with Crippen molar-refractivity contribution < 1.29 is 9.53 Å². The Hall–Kier alpha value is -1.31. The molecule has 3 rings (SSSR count). The summed E-state index contributed by atoms with van der Waals surface area (Å²) in [5, 5.41) is 0. The minimum Gasteiger partial charge on any atom is -0.479 e. The van der Waals surface area contributed by atoms with E-state index in [0.29, 0.717) is 0 Å². The molecule has 0 radical (unpaired) electrons. The molecule has 0 unspecified atom stereocenters. The molecule has 1 aliphatic heterocycles. The maximum Gasteiger partial charge on any atom is 0.186 e. The zero-order valence-corrected chi connectivity index (χ0v) is 9.96. The molecule has 0 saturated heterocycles. The van der Waals surface area contributed by atoms with E-state index in [4.69, 9.17) is 4.74 Å². The molecule has 0 spiro atoms. The summed E-state index contributed by atoms with van der Waals surface area (Å²) in [5.74, 6) is 1.15. The Labute approximate surface area is 95.6 Å². The normalized spacial score (nSPS) is 35.8. The van der Waals surface area contributed by atoms with E-state index in [1.807, 2.05) is 26.0 Å². The van der Waals surface area contributed by atoms with Gasteiger partial charge in [0.15, 0.2) is 11.4 Å². The molecule has 1 heterocycles. The first-order chi connectivity index (χ1) is 7.46. The van der Waals surface area contributed by atoms with Crippen LogP contribution in [-0.4, -0.2) is 11.4 Å². The van der Waals surface area contributed by atoms with E-state index in [0.717, 1.165) is 24.2 Å². The van der Waals surface area contributed by atoms with Gasteiger partial charge in [0.2, 0.25) is 0 Å². The highest BCUT2D eigenvalue weighted by atomic mass is 16.5. The predicted molar refractivity (Wildman–Crippen MR) is 61.8 cm³/mol. The summed E-state index contributed by atoms with van der Waals surface area (Å²) in [5.41, 5.74) is 1.34. The van der Waals surface area contributed by atoms with Crippen molar-refractivity contribution in [1.82, 2.24) is 0 Å². The van der Waals surface area contributed by atoms with Crippen molar-refractivity contribution in [2.24, 2.45) is 0 Å². The van der Waals surface area contributed by atoms with Crippen molar-refractivity contribution in [1.29, 1.82) is 0 Å². The molecule has 1 aromatic carbocycles. The molecule has 16 heavy (non-hydrogen) atoms. The summed E-state index contributed by atoms with van der Waals surface area (Å²) in [6, 6.07) is 6.15. The number of hydrogen-bond donors (Lipinski definition) is 0. The van der Waals surface area contributed by atoms with Crippen LogP contribution in [0.2, 0.25) is 0 Å². The van der Waals surface area contributed by atoms with Gasteiger partial charge in [0.25, 0.3) is 0 Å². The van der Waals surface area contributed by atoms with E-state index >= 15 is 0 Å². The lowest BCUT2D eigenvalue weighted by Gasteiger charge is -2.36. The standard InChI is InChI=1S/C14H16O2/c1-9-4-5-10-11(8-9)16-14(3)7-6-13(10,2)12(14)15/h4-5,8H,6-7H2,1-3H3/t13-,14-/m0/s1. The average Bonchev–Trinajstić information content (AvgIpc) is 2.40. The van der Waals surface area contributed by atoms with Gasteiger partial charge in [-0.1, -0.05) is 12.1 Å². The molecule has 2 nitrogen and oxygen atoms in total. The maximum atomic E-state index is 12.4. The number of hydrogen-bond acceptors (Lipinski definition) is 2. The average molecular weight is 216 g/mol. The van der Waals surface area contributed by atoms with E-state index in [2.05, 4.69) is 13.0 Å². The second kappa shape index (κ2) is 2.68. The summed E-state index contributed by atoms with van der Waals surface area (Å²) in [6.07, 6.45) is 1.73. The number of carbonyl (C=O) groups is 1. The molecule has 2 atom stereocenters. The van der Waals surface area contributed by atoms with Crippen LogP contribution < -0.4 is 4.74 Å². The fourth-order valence-corrected chi connectivity index (χ4v) is 3.07. The lowest BCUT2D eigenvalue weighted by Crippen LogP contribution is -2.47. The van der Waals surface area contributed by atoms with Crippen molar-refractivity contribution >= 4 is 5.78 Å². The van der Waals surface area contributed by atoms with Crippen LogP contribution in [0, 0.1) is 6.92 Å². The Kier molecular flexibility index (Phi) is 1.65. The monoisotopic (exact) mass is 216 g/mol. The number of Topliss-reactive ketones (excluding diaryl/α,β-unsaturated/α-hetero) is 1. The number of aryl methyl sites for hydroxylation is 1. The van der Waals surface area contributed by atoms with Crippen LogP contribution >= 0.6 is 0 Å². The molecule has 0 aromatic heterocycles. The van der Waals surface area contributed by atoms with E-state index in [9.17, 15) is 4.79 Å². The van der Waals surface area contributed by atoms with Gasteiger partial charge in [-0.15, -0.1) is 0 Å². The summed E-state index contributed by atoms with van der Waals surface area (Å²) < 4.78 is 5.92. The minimum absolute atomic E-state index is 0.247. The molecule has 2 bridgehead atoms. The van der Waals surface area contributed by atoms with Crippen LogP contribution in [0.5, 0.6) is 5.75 Å². The highest BCUT2D eigenvalue weighted by Crippen LogP contribution is 2.52. The highest BCUT2D eigenvalue weighted by molar-refractivity contribution is 6.00. The van der Waals surface area contributed by atoms with Crippen LogP contribution in [0.4, 0.5) is 0 Å². The first-order valence-electron chi connectivity index (χ1n) is 5.81. The van der Waals surface area contributed by atoms with Gasteiger partial charge in [-0.2, -0.15) is 0 Å². The zero-order valence-electron chi connectivity index (χ0n) is 9.96. The van der Waals surface area contributed by atoms with Gasteiger partial charge in [0.05, 0.1) is 5.41 Å². The Bertz CT molecular complexity index is 492. The zero-order chi connectivity index (χ0) is 11.6. The number of benzene rings is 1. The number of carbonyl (C=O) groups excluding carboxylic acids is 1. The smallest absolute Gasteiger partial charge is 0.186 e. The second-order valence-electron chi connectivity index (χ2n) is 5.49. The molecule has 2 aliphatic rings. The summed E-state index contributed by atoms with van der Waals surface area (Å²) in [4.78, 5) is 12.4. The van der Waals surface area contributed by atoms with Crippen LogP contribution in [0.15, 0.2) is 18.2 Å². The van der Waals surface area contributed by atoms with Gasteiger partial charge in [-0.3, -0.25) is 4.79 Å². The van der Waals surface area contributed by atoms with Crippen LogP contribution in [0.1, 0.15) is 37.8 Å². The summed E-state index contributed by atoms with van der Waals surface area (Å²) in [6.45, 7) is 6.02. The Morgan fingerprint density at radius 1 is 1.25 bits per heavy atom. The molecule has 0 amide bonds. The van der Waals surface area contributed by atoms with Crippen LogP contribution in [0.25, 0.3) is 0 Å².